The van der Waals surface area contributed by atoms with Crippen molar-refractivity contribution in [3.05, 3.63) is 60.8 Å². The van der Waals surface area contributed by atoms with Crippen LogP contribution in [0.5, 0.6) is 0 Å². The van der Waals surface area contributed by atoms with Gasteiger partial charge < -0.3 is 15.4 Å². The van der Waals surface area contributed by atoms with Gasteiger partial charge in [-0.15, -0.1) is 0 Å². The van der Waals surface area contributed by atoms with E-state index in [0.717, 1.165) is 32.1 Å². The van der Waals surface area contributed by atoms with E-state index < -0.39 is 0 Å². The summed E-state index contributed by atoms with van der Waals surface area (Å²) in [4.78, 5) is 22.4. The second-order valence-corrected chi connectivity index (χ2v) is 10.3. The van der Waals surface area contributed by atoms with Gasteiger partial charge in [-0.05, 0) is 84.6 Å². The molecule has 5 nitrogen and oxygen atoms in total. The number of rotatable bonds is 14. The molecule has 0 saturated heterocycles. The molecule has 1 aliphatic carbocycles. The monoisotopic (exact) mass is 577 g/mol. The number of carbonyl (C=O) groups excluding carboxylic acids is 2. The van der Waals surface area contributed by atoms with Crippen molar-refractivity contribution in [2.75, 3.05) is 13.7 Å². The zero-order valence-corrected chi connectivity index (χ0v) is 29.0. The van der Waals surface area contributed by atoms with Crippen molar-refractivity contribution < 1.29 is 14.3 Å². The van der Waals surface area contributed by atoms with Crippen LogP contribution < -0.4 is 10.6 Å². The highest BCUT2D eigenvalue weighted by atomic mass is 16.5. The van der Waals surface area contributed by atoms with E-state index in [0.29, 0.717) is 25.3 Å². The summed E-state index contributed by atoms with van der Waals surface area (Å²) in [5.41, 5.74) is 1.37. The van der Waals surface area contributed by atoms with Crippen molar-refractivity contribution in [3.63, 3.8) is 0 Å². The van der Waals surface area contributed by atoms with E-state index in [1.807, 2.05) is 80.5 Å². The predicted octanol–water partition coefficient (Wildman–Crippen LogP) is 9.52. The Kier molecular flexibility index (Phi) is 37.6. The molecule has 0 aliphatic heterocycles. The number of hydrogen-bond acceptors (Lipinski definition) is 3. The molecule has 0 saturated carbocycles. The molecule has 1 rings (SSSR count). The fourth-order valence-electron chi connectivity index (χ4n) is 3.46. The van der Waals surface area contributed by atoms with Gasteiger partial charge in [-0.2, -0.15) is 0 Å². The summed E-state index contributed by atoms with van der Waals surface area (Å²) >= 11 is 0. The van der Waals surface area contributed by atoms with Gasteiger partial charge in [0.2, 0.25) is 12.3 Å². The van der Waals surface area contributed by atoms with Crippen LogP contribution in [0.15, 0.2) is 60.8 Å². The summed E-state index contributed by atoms with van der Waals surface area (Å²) in [7, 11) is 1.71. The molecule has 0 aromatic carbocycles. The lowest BCUT2D eigenvalue weighted by Crippen LogP contribution is -2.38. The maximum atomic E-state index is 12.2. The fourth-order valence-corrected chi connectivity index (χ4v) is 3.46. The quantitative estimate of drug-likeness (QED) is 0.123. The van der Waals surface area contributed by atoms with E-state index >= 15 is 0 Å². The number of amides is 2. The lowest BCUT2D eigenvalue weighted by Gasteiger charge is -2.20. The van der Waals surface area contributed by atoms with E-state index in [1.54, 1.807) is 7.11 Å². The Labute approximate surface area is 256 Å². The van der Waals surface area contributed by atoms with Gasteiger partial charge in [-0.25, -0.2) is 0 Å². The van der Waals surface area contributed by atoms with Crippen molar-refractivity contribution in [1.82, 2.24) is 10.6 Å². The van der Waals surface area contributed by atoms with E-state index in [4.69, 9.17) is 4.74 Å². The van der Waals surface area contributed by atoms with Gasteiger partial charge in [-0.3, -0.25) is 9.59 Å². The van der Waals surface area contributed by atoms with Gasteiger partial charge in [0.25, 0.3) is 0 Å². The smallest absolute Gasteiger partial charge is 0.223 e. The first-order valence-corrected chi connectivity index (χ1v) is 15.9. The molecule has 0 heterocycles. The molecular weight excluding hydrogens is 508 g/mol. The third-order valence-corrected chi connectivity index (χ3v) is 5.99. The Morgan fingerprint density at radius 1 is 1.12 bits per heavy atom. The van der Waals surface area contributed by atoms with Gasteiger partial charge in [0.05, 0.1) is 5.60 Å². The van der Waals surface area contributed by atoms with Crippen LogP contribution in [-0.4, -0.2) is 37.6 Å². The number of nitrogens with one attached hydrogen (secondary N) is 2. The minimum Gasteiger partial charge on any atom is -0.379 e. The third-order valence-electron chi connectivity index (χ3n) is 5.99. The van der Waals surface area contributed by atoms with Crippen LogP contribution >= 0.6 is 0 Å². The average molecular weight is 577 g/mol. The Morgan fingerprint density at radius 3 is 2.15 bits per heavy atom. The van der Waals surface area contributed by atoms with Gasteiger partial charge in [0.15, 0.2) is 0 Å². The van der Waals surface area contributed by atoms with Crippen molar-refractivity contribution in [2.24, 2.45) is 11.8 Å². The molecule has 2 N–H and O–H groups in total. The molecular formula is C36H68N2O3. The standard InChI is InChI=1S/C18H30N2O2.C9H14.C5H12O.2C2H6/c1-3-17(12-13-19-14-21)18(22)20-15(2)8-7-11-16-9-5-4-6-10-16;1-4-7-9(6-3)8-5-2;1-5(2,3)6-4;2*1-2/h4-6,9,14-17H,3,7-8,10-13H2,1-2H3,(H,19,21)(H,20,22);4-5,7-8H,1,6H2,2-3H3;1-4H3;2*1-2H3/b;8-5-,9-7-;;;. The first kappa shape index (κ1) is 45.6. The topological polar surface area (TPSA) is 67.4 Å². The molecule has 5 heteroatoms. The molecule has 0 spiro atoms. The third kappa shape index (κ3) is 33.7. The van der Waals surface area contributed by atoms with Crippen LogP contribution in [0.25, 0.3) is 0 Å². The Morgan fingerprint density at radius 2 is 1.73 bits per heavy atom. The molecule has 41 heavy (non-hydrogen) atoms. The molecule has 3 unspecified atom stereocenters. The predicted molar refractivity (Wildman–Crippen MR) is 183 cm³/mol. The molecule has 240 valence electrons. The summed E-state index contributed by atoms with van der Waals surface area (Å²) in [5, 5.41) is 5.73. The van der Waals surface area contributed by atoms with E-state index in [2.05, 4.69) is 61.4 Å². The van der Waals surface area contributed by atoms with Gasteiger partial charge in [0, 0.05) is 25.6 Å². The van der Waals surface area contributed by atoms with Crippen molar-refractivity contribution in [1.29, 1.82) is 0 Å². The Hall–Kier alpha value is -2.40. The number of allylic oxidation sites excluding steroid dienone is 9. The number of hydrogen-bond donors (Lipinski definition) is 2. The SMILES string of the molecule is C=C/C=C(\C=C/C)CC.CC.CC.CCC(CCNC=O)C(=O)NC(C)CCCC1C=CC=CC1.COC(C)(C)C. The van der Waals surface area contributed by atoms with E-state index in [1.165, 1.54) is 12.0 Å². The zero-order chi connectivity index (χ0) is 32.5. The van der Waals surface area contributed by atoms with Gasteiger partial charge >= 0.3 is 0 Å². The summed E-state index contributed by atoms with van der Waals surface area (Å²) < 4.78 is 4.94. The summed E-state index contributed by atoms with van der Waals surface area (Å²) in [5.74, 6) is 0.759. The minimum absolute atomic E-state index is 0.0127. The van der Waals surface area contributed by atoms with Crippen molar-refractivity contribution >= 4 is 12.3 Å². The van der Waals surface area contributed by atoms with Crippen LogP contribution in [0.1, 0.15) is 121 Å². The summed E-state index contributed by atoms with van der Waals surface area (Å²) in [6, 6.07) is 0.212. The molecule has 0 bridgehead atoms. The minimum atomic E-state index is -0.0127. The largest absolute Gasteiger partial charge is 0.379 e. The van der Waals surface area contributed by atoms with Crippen LogP contribution in [0, 0.1) is 11.8 Å². The normalized spacial score (nSPS) is 15.2. The van der Waals surface area contributed by atoms with Gasteiger partial charge in [-0.1, -0.05) is 103 Å². The zero-order valence-electron chi connectivity index (χ0n) is 29.0. The van der Waals surface area contributed by atoms with Crippen LogP contribution in [0.2, 0.25) is 0 Å². The van der Waals surface area contributed by atoms with Crippen molar-refractivity contribution in [2.45, 2.75) is 133 Å². The Bertz CT molecular complexity index is 715. The van der Waals surface area contributed by atoms with E-state index in [-0.39, 0.29) is 23.5 Å². The average Bonchev–Trinajstić information content (AvgIpc) is 2.98. The molecule has 0 fully saturated rings. The summed E-state index contributed by atoms with van der Waals surface area (Å²) in [6.45, 7) is 26.5. The highest BCUT2D eigenvalue weighted by Crippen LogP contribution is 2.19. The van der Waals surface area contributed by atoms with Crippen LogP contribution in [0.3, 0.4) is 0 Å². The number of carbonyl (C=O) groups is 2. The molecule has 0 radical (unpaired) electrons. The molecule has 1 aliphatic rings. The second kappa shape index (κ2) is 33.8. The maximum absolute atomic E-state index is 12.2. The molecule has 2 amide bonds. The lowest BCUT2D eigenvalue weighted by atomic mass is 9.94. The second-order valence-electron chi connectivity index (χ2n) is 10.3. The number of ether oxygens (including phenoxy) is 1. The molecule has 0 aromatic rings. The lowest BCUT2D eigenvalue weighted by molar-refractivity contribution is -0.126. The van der Waals surface area contributed by atoms with Crippen molar-refractivity contribution in [3.8, 4) is 0 Å². The number of methoxy groups -OCH3 is 1. The molecule has 0 aromatic heterocycles. The first-order chi connectivity index (χ1) is 19.6. The van der Waals surface area contributed by atoms with E-state index in [9.17, 15) is 9.59 Å². The summed E-state index contributed by atoms with van der Waals surface area (Å²) in [6.07, 6.45) is 24.4. The highest BCUT2D eigenvalue weighted by molar-refractivity contribution is 5.78. The first-order valence-electron chi connectivity index (χ1n) is 15.9. The van der Waals surface area contributed by atoms with Crippen LogP contribution in [0.4, 0.5) is 0 Å². The highest BCUT2D eigenvalue weighted by Gasteiger charge is 2.18. The molecule has 3 atom stereocenters. The Balaban J connectivity index is -0.000000296. The maximum Gasteiger partial charge on any atom is 0.223 e. The van der Waals surface area contributed by atoms with Gasteiger partial charge in [0.1, 0.15) is 0 Å². The fraction of sp³-hybridized carbons (Fsp3) is 0.667. The van der Waals surface area contributed by atoms with Crippen LogP contribution in [-0.2, 0) is 14.3 Å².